The van der Waals surface area contributed by atoms with E-state index < -0.39 is 6.03 Å². The lowest BCUT2D eigenvalue weighted by Crippen LogP contribution is -2.52. The van der Waals surface area contributed by atoms with Crippen LogP contribution in [0.5, 0.6) is 0 Å². The second kappa shape index (κ2) is 10.4. The van der Waals surface area contributed by atoms with Crippen molar-refractivity contribution in [3.05, 3.63) is 57.2 Å². The molecule has 0 unspecified atom stereocenters. The maximum Gasteiger partial charge on any atom is 0.321 e. The normalized spacial score (nSPS) is 14.4. The number of hydrogen-bond acceptors (Lipinski definition) is 5. The summed E-state index contributed by atoms with van der Waals surface area (Å²) in [5.41, 5.74) is 0.597. The van der Waals surface area contributed by atoms with E-state index >= 15 is 0 Å². The minimum Gasteiger partial charge on any atom is -0.337 e. The molecule has 0 aliphatic carbocycles. The molecule has 1 aromatic carbocycles. The summed E-state index contributed by atoms with van der Waals surface area (Å²) in [4.78, 5) is 41.3. The zero-order valence-electron chi connectivity index (χ0n) is 15.9. The van der Waals surface area contributed by atoms with Gasteiger partial charge in [0.1, 0.15) is 0 Å². The van der Waals surface area contributed by atoms with Gasteiger partial charge in [-0.2, -0.15) is 0 Å². The van der Waals surface area contributed by atoms with E-state index in [4.69, 9.17) is 11.6 Å². The number of rotatable bonds is 6. The standard InChI is InChI=1S/C20H23ClN4O3S/c21-16-5-3-15(4-6-16)19(27)25-11-9-24(10-12-25)14-18(26)23-20(28)22-8-7-17-2-1-13-29-17/h1-6,13H,7-12,14H2,(H2,22,23,26,28). The van der Waals surface area contributed by atoms with E-state index in [2.05, 4.69) is 10.6 Å². The van der Waals surface area contributed by atoms with Crippen LogP contribution in [-0.2, 0) is 11.2 Å². The lowest BCUT2D eigenvalue weighted by Gasteiger charge is -2.34. The van der Waals surface area contributed by atoms with Crippen molar-refractivity contribution < 1.29 is 14.4 Å². The maximum absolute atomic E-state index is 12.5. The molecule has 0 radical (unpaired) electrons. The quantitative estimate of drug-likeness (QED) is 0.730. The molecule has 0 atom stereocenters. The first-order valence-electron chi connectivity index (χ1n) is 9.38. The van der Waals surface area contributed by atoms with Gasteiger partial charge < -0.3 is 10.2 Å². The number of thiophene rings is 1. The Morgan fingerprint density at radius 3 is 2.41 bits per heavy atom. The van der Waals surface area contributed by atoms with Crippen molar-refractivity contribution >= 4 is 40.8 Å². The van der Waals surface area contributed by atoms with E-state index in [-0.39, 0.29) is 18.4 Å². The van der Waals surface area contributed by atoms with Crippen molar-refractivity contribution in [3.63, 3.8) is 0 Å². The van der Waals surface area contributed by atoms with Crippen LogP contribution in [0.4, 0.5) is 4.79 Å². The molecule has 1 aliphatic rings. The average Bonchev–Trinajstić information content (AvgIpc) is 3.22. The first kappa shape index (κ1) is 21.3. The van der Waals surface area contributed by atoms with Gasteiger partial charge in [0.05, 0.1) is 6.54 Å². The minimum absolute atomic E-state index is 0.0455. The fourth-order valence-corrected chi connectivity index (χ4v) is 3.89. The van der Waals surface area contributed by atoms with Crippen molar-refractivity contribution in [1.29, 1.82) is 0 Å². The first-order valence-corrected chi connectivity index (χ1v) is 10.6. The monoisotopic (exact) mass is 434 g/mol. The molecule has 2 heterocycles. The summed E-state index contributed by atoms with van der Waals surface area (Å²) in [6, 6.07) is 10.3. The molecule has 2 aromatic rings. The van der Waals surface area contributed by atoms with Gasteiger partial charge in [0.25, 0.3) is 5.91 Å². The molecule has 1 saturated heterocycles. The predicted molar refractivity (Wildman–Crippen MR) is 113 cm³/mol. The van der Waals surface area contributed by atoms with E-state index in [9.17, 15) is 14.4 Å². The zero-order valence-corrected chi connectivity index (χ0v) is 17.5. The topological polar surface area (TPSA) is 81.8 Å². The fraction of sp³-hybridized carbons (Fsp3) is 0.350. The van der Waals surface area contributed by atoms with Crippen LogP contribution in [0.2, 0.25) is 5.02 Å². The molecular formula is C20H23ClN4O3S. The Morgan fingerprint density at radius 1 is 1.03 bits per heavy atom. The minimum atomic E-state index is -0.483. The van der Waals surface area contributed by atoms with Gasteiger partial charge >= 0.3 is 6.03 Å². The number of imide groups is 1. The molecule has 4 amide bonds. The number of carbonyl (C=O) groups excluding carboxylic acids is 3. The van der Waals surface area contributed by atoms with Crippen LogP contribution >= 0.6 is 22.9 Å². The predicted octanol–water partition coefficient (Wildman–Crippen LogP) is 2.23. The number of nitrogens with zero attached hydrogens (tertiary/aromatic N) is 2. The van der Waals surface area contributed by atoms with Gasteiger partial charge in [-0.3, -0.25) is 19.8 Å². The Bertz CT molecular complexity index is 834. The summed E-state index contributed by atoms with van der Waals surface area (Å²) >= 11 is 7.49. The highest BCUT2D eigenvalue weighted by atomic mass is 35.5. The number of hydrogen-bond donors (Lipinski definition) is 2. The second-order valence-corrected chi connectivity index (χ2v) is 8.18. The number of piperazine rings is 1. The molecule has 29 heavy (non-hydrogen) atoms. The Labute approximate surface area is 178 Å². The summed E-state index contributed by atoms with van der Waals surface area (Å²) in [6.45, 7) is 2.81. The van der Waals surface area contributed by atoms with Gasteiger partial charge in [-0.1, -0.05) is 17.7 Å². The van der Waals surface area contributed by atoms with Gasteiger partial charge in [-0.25, -0.2) is 4.79 Å². The van der Waals surface area contributed by atoms with Crippen molar-refractivity contribution in [2.75, 3.05) is 39.3 Å². The average molecular weight is 435 g/mol. The molecule has 3 rings (SSSR count). The fourth-order valence-electron chi connectivity index (χ4n) is 3.05. The van der Waals surface area contributed by atoms with Crippen LogP contribution in [0.15, 0.2) is 41.8 Å². The van der Waals surface area contributed by atoms with Crippen LogP contribution < -0.4 is 10.6 Å². The molecule has 1 fully saturated rings. The number of carbonyl (C=O) groups is 3. The molecule has 1 aromatic heterocycles. The van der Waals surface area contributed by atoms with Crippen molar-refractivity contribution in [3.8, 4) is 0 Å². The Kier molecular flexibility index (Phi) is 7.62. The van der Waals surface area contributed by atoms with E-state index in [1.54, 1.807) is 40.5 Å². The molecule has 2 N–H and O–H groups in total. The molecule has 0 spiro atoms. The maximum atomic E-state index is 12.5. The van der Waals surface area contributed by atoms with Crippen LogP contribution in [0.3, 0.4) is 0 Å². The van der Waals surface area contributed by atoms with E-state index in [0.29, 0.717) is 43.3 Å². The smallest absolute Gasteiger partial charge is 0.321 e. The number of urea groups is 1. The summed E-state index contributed by atoms with van der Waals surface area (Å²) in [7, 11) is 0. The number of halogens is 1. The summed E-state index contributed by atoms with van der Waals surface area (Å²) < 4.78 is 0. The summed E-state index contributed by atoms with van der Waals surface area (Å²) in [5, 5.41) is 7.62. The van der Waals surface area contributed by atoms with Gasteiger partial charge in [0, 0.05) is 48.2 Å². The number of amides is 4. The Balaban J connectivity index is 1.35. The molecule has 9 heteroatoms. The number of nitrogens with one attached hydrogen (secondary N) is 2. The van der Waals surface area contributed by atoms with E-state index in [0.717, 1.165) is 6.42 Å². The molecule has 0 saturated carbocycles. The van der Waals surface area contributed by atoms with Gasteiger partial charge in [-0.05, 0) is 42.1 Å². The van der Waals surface area contributed by atoms with Gasteiger partial charge in [0.15, 0.2) is 0 Å². The van der Waals surface area contributed by atoms with Crippen LogP contribution in [0.1, 0.15) is 15.2 Å². The highest BCUT2D eigenvalue weighted by molar-refractivity contribution is 7.09. The van der Waals surface area contributed by atoms with Crippen LogP contribution in [-0.4, -0.2) is 66.9 Å². The SMILES string of the molecule is O=C(CN1CCN(C(=O)c2ccc(Cl)cc2)CC1)NC(=O)NCCc1cccs1. The van der Waals surface area contributed by atoms with Gasteiger partial charge in [0.2, 0.25) is 5.91 Å². The van der Waals surface area contributed by atoms with E-state index in [1.165, 1.54) is 4.88 Å². The largest absolute Gasteiger partial charge is 0.337 e. The lowest BCUT2D eigenvalue weighted by molar-refractivity contribution is -0.121. The summed E-state index contributed by atoms with van der Waals surface area (Å²) in [6.07, 6.45) is 0.739. The molecular weight excluding hydrogens is 412 g/mol. The third-order valence-corrected chi connectivity index (χ3v) is 5.80. The highest BCUT2D eigenvalue weighted by Gasteiger charge is 2.23. The third-order valence-electron chi connectivity index (χ3n) is 4.61. The Morgan fingerprint density at radius 2 is 1.76 bits per heavy atom. The lowest BCUT2D eigenvalue weighted by atomic mass is 10.2. The number of benzene rings is 1. The second-order valence-electron chi connectivity index (χ2n) is 6.71. The van der Waals surface area contributed by atoms with Crippen molar-refractivity contribution in [1.82, 2.24) is 20.4 Å². The van der Waals surface area contributed by atoms with Crippen LogP contribution in [0, 0.1) is 0 Å². The molecule has 0 bridgehead atoms. The van der Waals surface area contributed by atoms with Crippen molar-refractivity contribution in [2.24, 2.45) is 0 Å². The van der Waals surface area contributed by atoms with Gasteiger partial charge in [-0.15, -0.1) is 11.3 Å². The Hall–Kier alpha value is -2.42. The highest BCUT2D eigenvalue weighted by Crippen LogP contribution is 2.13. The summed E-state index contributed by atoms with van der Waals surface area (Å²) in [5.74, 6) is -0.396. The molecule has 1 aliphatic heterocycles. The third kappa shape index (κ3) is 6.56. The first-order chi connectivity index (χ1) is 14.0. The van der Waals surface area contributed by atoms with E-state index in [1.807, 2.05) is 22.4 Å². The van der Waals surface area contributed by atoms with Crippen molar-refractivity contribution in [2.45, 2.75) is 6.42 Å². The molecule has 154 valence electrons. The zero-order chi connectivity index (χ0) is 20.6. The van der Waals surface area contributed by atoms with Crippen LogP contribution in [0.25, 0.3) is 0 Å². The molecule has 7 nitrogen and oxygen atoms in total.